The van der Waals surface area contributed by atoms with Crippen LogP contribution in [0.3, 0.4) is 0 Å². The molecule has 5 nitrogen and oxygen atoms in total. The highest BCUT2D eigenvalue weighted by molar-refractivity contribution is 9.11. The number of amides is 2. The smallest absolute Gasteiger partial charge is 0.262 e. The largest absolute Gasteiger partial charge is 0.483 e. The van der Waals surface area contributed by atoms with Crippen molar-refractivity contribution in [3.63, 3.8) is 0 Å². The minimum absolute atomic E-state index is 0.0803. The Morgan fingerprint density at radius 2 is 2.00 bits per heavy atom. The number of benzene rings is 2. The Kier molecular flexibility index (Phi) is 5.75. The average Bonchev–Trinajstić information content (AvgIpc) is 3.00. The number of carbonyl (C=O) groups excluding carboxylic acids is 2. The maximum absolute atomic E-state index is 12.2. The normalized spacial score (nSPS) is 13.8. The molecule has 1 saturated heterocycles. The van der Waals surface area contributed by atoms with Crippen molar-refractivity contribution in [1.82, 2.24) is 0 Å². The van der Waals surface area contributed by atoms with Crippen molar-refractivity contribution in [3.05, 3.63) is 51.4 Å². The number of nitrogens with one attached hydrogen (secondary N) is 1. The van der Waals surface area contributed by atoms with Crippen molar-refractivity contribution in [2.45, 2.75) is 12.8 Å². The third-order valence-electron chi connectivity index (χ3n) is 3.80. The molecule has 1 aliphatic rings. The van der Waals surface area contributed by atoms with Crippen LogP contribution in [0.5, 0.6) is 5.75 Å². The van der Waals surface area contributed by atoms with Gasteiger partial charge in [0.15, 0.2) is 6.61 Å². The summed E-state index contributed by atoms with van der Waals surface area (Å²) in [7, 11) is 0. The molecule has 3 rings (SSSR count). The lowest BCUT2D eigenvalue weighted by Gasteiger charge is -2.20. The average molecular weight is 468 g/mol. The van der Waals surface area contributed by atoms with E-state index in [9.17, 15) is 9.59 Å². The summed E-state index contributed by atoms with van der Waals surface area (Å²) in [5.41, 5.74) is 1.34. The molecule has 2 aromatic rings. The molecular formula is C18H16Br2N2O3. The van der Waals surface area contributed by atoms with Crippen LogP contribution in [0.2, 0.25) is 0 Å². The predicted octanol–water partition coefficient (Wildman–Crippen LogP) is 4.36. The van der Waals surface area contributed by atoms with Gasteiger partial charge in [-0.25, -0.2) is 0 Å². The summed E-state index contributed by atoms with van der Waals surface area (Å²) in [5, 5.41) is 2.83. The van der Waals surface area contributed by atoms with E-state index in [-0.39, 0.29) is 18.4 Å². The van der Waals surface area contributed by atoms with Gasteiger partial charge in [-0.15, -0.1) is 0 Å². The van der Waals surface area contributed by atoms with Crippen LogP contribution < -0.4 is 15.0 Å². The first-order valence-corrected chi connectivity index (χ1v) is 9.40. The lowest BCUT2D eigenvalue weighted by molar-refractivity contribution is -0.118. The monoisotopic (exact) mass is 466 g/mol. The van der Waals surface area contributed by atoms with Gasteiger partial charge in [0.05, 0.1) is 15.8 Å². The first-order valence-electron chi connectivity index (χ1n) is 7.81. The Morgan fingerprint density at radius 1 is 1.20 bits per heavy atom. The number of anilines is 2. The lowest BCUT2D eigenvalue weighted by Crippen LogP contribution is -2.26. The minimum atomic E-state index is -0.283. The number of para-hydroxylation sites is 2. The summed E-state index contributed by atoms with van der Waals surface area (Å²) in [6.07, 6.45) is 1.38. The number of nitrogens with zero attached hydrogens (tertiary/aromatic N) is 1. The molecule has 0 aliphatic carbocycles. The zero-order valence-electron chi connectivity index (χ0n) is 13.3. The summed E-state index contributed by atoms with van der Waals surface area (Å²) in [6.45, 7) is 0.552. The van der Waals surface area contributed by atoms with Gasteiger partial charge < -0.3 is 15.0 Å². The summed E-state index contributed by atoms with van der Waals surface area (Å²) in [4.78, 5) is 25.9. The van der Waals surface area contributed by atoms with Crippen LogP contribution in [0.15, 0.2) is 51.4 Å². The molecule has 0 unspecified atom stereocenters. The Labute approximate surface area is 162 Å². The molecule has 0 radical (unpaired) electrons. The van der Waals surface area contributed by atoms with Crippen molar-refractivity contribution in [2.75, 3.05) is 23.4 Å². The van der Waals surface area contributed by atoms with E-state index in [2.05, 4.69) is 37.2 Å². The van der Waals surface area contributed by atoms with Crippen molar-refractivity contribution in [2.24, 2.45) is 0 Å². The van der Waals surface area contributed by atoms with Crippen LogP contribution in [-0.2, 0) is 9.59 Å². The Morgan fingerprint density at radius 3 is 2.72 bits per heavy atom. The number of halogens is 2. The number of rotatable bonds is 5. The van der Waals surface area contributed by atoms with Crippen LogP contribution >= 0.6 is 31.9 Å². The van der Waals surface area contributed by atoms with E-state index in [1.165, 1.54) is 0 Å². The maximum atomic E-state index is 12.2. The molecule has 0 saturated carbocycles. The van der Waals surface area contributed by atoms with Gasteiger partial charge in [-0.2, -0.15) is 0 Å². The van der Waals surface area contributed by atoms with Crippen molar-refractivity contribution >= 4 is 55.0 Å². The van der Waals surface area contributed by atoms with Gasteiger partial charge in [0.2, 0.25) is 5.91 Å². The van der Waals surface area contributed by atoms with Gasteiger partial charge >= 0.3 is 0 Å². The molecule has 1 N–H and O–H groups in total. The zero-order chi connectivity index (χ0) is 17.8. The van der Waals surface area contributed by atoms with Crippen LogP contribution in [0.1, 0.15) is 12.8 Å². The molecule has 0 spiro atoms. The zero-order valence-corrected chi connectivity index (χ0v) is 16.5. The predicted molar refractivity (Wildman–Crippen MR) is 104 cm³/mol. The van der Waals surface area contributed by atoms with Crippen LogP contribution in [0.4, 0.5) is 11.4 Å². The Balaban J connectivity index is 1.66. The maximum Gasteiger partial charge on any atom is 0.262 e. The van der Waals surface area contributed by atoms with Crippen molar-refractivity contribution in [1.29, 1.82) is 0 Å². The number of carbonyl (C=O) groups is 2. The topological polar surface area (TPSA) is 58.6 Å². The van der Waals surface area contributed by atoms with Crippen molar-refractivity contribution in [3.8, 4) is 5.75 Å². The van der Waals surface area contributed by atoms with Crippen molar-refractivity contribution < 1.29 is 14.3 Å². The van der Waals surface area contributed by atoms with Crippen LogP contribution in [-0.4, -0.2) is 25.0 Å². The van der Waals surface area contributed by atoms with Crippen LogP contribution in [0, 0.1) is 0 Å². The fourth-order valence-corrected chi connectivity index (χ4v) is 3.80. The molecular weight excluding hydrogens is 452 g/mol. The van der Waals surface area contributed by atoms with E-state index < -0.39 is 0 Å². The first kappa shape index (κ1) is 17.9. The summed E-state index contributed by atoms with van der Waals surface area (Å²) in [5.74, 6) is 0.381. The fourth-order valence-electron chi connectivity index (χ4n) is 2.64. The number of hydrogen-bond donors (Lipinski definition) is 1. The number of hydrogen-bond acceptors (Lipinski definition) is 3. The molecule has 1 aliphatic heterocycles. The Bertz CT molecular complexity index is 811. The van der Waals surface area contributed by atoms with E-state index in [1.807, 2.05) is 30.3 Å². The first-order chi connectivity index (χ1) is 12.0. The molecule has 0 atom stereocenters. The van der Waals surface area contributed by atoms with Gasteiger partial charge in [-0.3, -0.25) is 9.59 Å². The Hall–Kier alpha value is -1.86. The lowest BCUT2D eigenvalue weighted by atomic mass is 10.2. The van der Waals surface area contributed by atoms with E-state index in [1.54, 1.807) is 17.0 Å². The van der Waals surface area contributed by atoms with Gasteiger partial charge in [0.25, 0.3) is 5.91 Å². The van der Waals surface area contributed by atoms with Gasteiger partial charge in [-0.05, 0) is 52.7 Å². The standard InChI is InChI=1S/C18H16Br2N2O3/c19-12-7-8-16(13(20)10-12)25-11-17(23)21-14-4-1-2-5-15(14)22-9-3-6-18(22)24/h1-2,4-5,7-8,10H,3,6,9,11H2,(H,21,23). The molecule has 0 aromatic heterocycles. The van der Waals surface area contributed by atoms with E-state index >= 15 is 0 Å². The second-order valence-corrected chi connectivity index (χ2v) is 7.35. The van der Waals surface area contributed by atoms with Gasteiger partial charge in [0.1, 0.15) is 5.75 Å². The highest BCUT2D eigenvalue weighted by Crippen LogP contribution is 2.30. The third kappa shape index (κ3) is 4.41. The van der Waals surface area contributed by atoms with Gasteiger partial charge in [-0.1, -0.05) is 28.1 Å². The summed E-state index contributed by atoms with van der Waals surface area (Å²) >= 11 is 6.76. The van der Waals surface area contributed by atoms with E-state index in [0.29, 0.717) is 24.4 Å². The van der Waals surface area contributed by atoms with E-state index in [0.717, 1.165) is 21.1 Å². The molecule has 1 heterocycles. The molecule has 2 amide bonds. The molecule has 130 valence electrons. The molecule has 25 heavy (non-hydrogen) atoms. The minimum Gasteiger partial charge on any atom is -0.483 e. The summed E-state index contributed by atoms with van der Waals surface area (Å²) < 4.78 is 7.23. The molecule has 2 aromatic carbocycles. The highest BCUT2D eigenvalue weighted by Gasteiger charge is 2.24. The quantitative estimate of drug-likeness (QED) is 0.710. The fraction of sp³-hybridized carbons (Fsp3) is 0.222. The van der Waals surface area contributed by atoms with Crippen LogP contribution in [0.25, 0.3) is 0 Å². The van der Waals surface area contributed by atoms with Gasteiger partial charge in [0, 0.05) is 17.4 Å². The van der Waals surface area contributed by atoms with E-state index in [4.69, 9.17) is 4.74 Å². The second-order valence-electron chi connectivity index (χ2n) is 5.58. The molecule has 1 fully saturated rings. The number of ether oxygens (including phenoxy) is 1. The third-order valence-corrected chi connectivity index (χ3v) is 4.91. The molecule has 0 bridgehead atoms. The summed E-state index contributed by atoms with van der Waals surface area (Å²) in [6, 6.07) is 12.8. The molecule has 7 heteroatoms. The highest BCUT2D eigenvalue weighted by atomic mass is 79.9. The SMILES string of the molecule is O=C(COc1ccc(Br)cc1Br)Nc1ccccc1N1CCCC1=O. The second kappa shape index (κ2) is 8.01.